The number of carbonyl (C=O) groups excluding carboxylic acids is 3. The lowest BCUT2D eigenvalue weighted by Gasteiger charge is -2.26. The molecule has 0 atom stereocenters. The van der Waals surface area contributed by atoms with Crippen LogP contribution in [-0.4, -0.2) is 58.4 Å². The van der Waals surface area contributed by atoms with Gasteiger partial charge in [-0.15, -0.1) is 0 Å². The number of aromatic nitrogens is 2. The predicted molar refractivity (Wildman–Crippen MR) is 134 cm³/mol. The van der Waals surface area contributed by atoms with E-state index in [1.54, 1.807) is 24.3 Å². The normalized spacial score (nSPS) is 13.8. The summed E-state index contributed by atoms with van der Waals surface area (Å²) in [5.41, 5.74) is 6.49. The van der Waals surface area contributed by atoms with Crippen molar-refractivity contribution in [1.82, 2.24) is 19.8 Å². The van der Waals surface area contributed by atoms with Gasteiger partial charge in [0.2, 0.25) is 0 Å². The van der Waals surface area contributed by atoms with E-state index in [0.717, 1.165) is 44.6 Å². The summed E-state index contributed by atoms with van der Waals surface area (Å²) in [6, 6.07) is 10.1. The molecule has 188 valence electrons. The van der Waals surface area contributed by atoms with Crippen molar-refractivity contribution in [3.63, 3.8) is 0 Å². The second kappa shape index (κ2) is 11.3. The van der Waals surface area contributed by atoms with Crippen molar-refractivity contribution >= 4 is 35.0 Å². The van der Waals surface area contributed by atoms with Crippen molar-refractivity contribution in [2.24, 2.45) is 5.73 Å². The first-order chi connectivity index (χ1) is 17.3. The van der Waals surface area contributed by atoms with Gasteiger partial charge in [-0.05, 0) is 68.4 Å². The standard InChI is InChI=1S/C25H26ClFN6O3/c26-20-14-16(27)4-9-19(20)24(35)31-17-5-7-18(8-6-17)33-15-30-21(23(28)34)22(33)25(36)29-10-13-32-11-2-1-3-12-32/h4-9,14-15H,1-3,10-13H2,(H2,28,34)(H,29,36)(H,31,35). The molecule has 2 heterocycles. The number of imidazole rings is 1. The molecule has 0 unspecified atom stereocenters. The van der Waals surface area contributed by atoms with Crippen LogP contribution in [-0.2, 0) is 0 Å². The third kappa shape index (κ3) is 5.89. The first-order valence-electron chi connectivity index (χ1n) is 11.6. The Labute approximate surface area is 212 Å². The number of nitrogens with zero attached hydrogens (tertiary/aromatic N) is 3. The van der Waals surface area contributed by atoms with Crippen LogP contribution in [0.2, 0.25) is 5.02 Å². The summed E-state index contributed by atoms with van der Waals surface area (Å²) >= 11 is 5.96. The van der Waals surface area contributed by atoms with Crippen LogP contribution < -0.4 is 16.4 Å². The number of rotatable bonds is 8. The molecule has 0 radical (unpaired) electrons. The molecule has 1 aliphatic heterocycles. The Kier molecular flexibility index (Phi) is 7.97. The highest BCUT2D eigenvalue weighted by molar-refractivity contribution is 6.34. The minimum absolute atomic E-state index is 0.00235. The van der Waals surface area contributed by atoms with Gasteiger partial charge in [0.05, 0.1) is 10.6 Å². The van der Waals surface area contributed by atoms with E-state index >= 15 is 0 Å². The van der Waals surface area contributed by atoms with Crippen molar-refractivity contribution in [1.29, 1.82) is 0 Å². The zero-order valence-corrected chi connectivity index (χ0v) is 20.2. The number of piperidine rings is 1. The number of nitrogens with one attached hydrogen (secondary N) is 2. The van der Waals surface area contributed by atoms with Crippen LogP contribution in [0.5, 0.6) is 0 Å². The molecular weight excluding hydrogens is 487 g/mol. The van der Waals surface area contributed by atoms with Gasteiger partial charge >= 0.3 is 0 Å². The topological polar surface area (TPSA) is 122 Å². The van der Waals surface area contributed by atoms with E-state index in [0.29, 0.717) is 17.9 Å². The van der Waals surface area contributed by atoms with Gasteiger partial charge < -0.3 is 21.3 Å². The number of halogens is 2. The van der Waals surface area contributed by atoms with Crippen LogP contribution in [0.25, 0.3) is 5.69 Å². The third-order valence-corrected chi connectivity index (χ3v) is 6.27. The van der Waals surface area contributed by atoms with Crippen LogP contribution in [0, 0.1) is 5.82 Å². The first kappa shape index (κ1) is 25.3. The van der Waals surface area contributed by atoms with E-state index < -0.39 is 23.5 Å². The summed E-state index contributed by atoms with van der Waals surface area (Å²) in [7, 11) is 0. The average molecular weight is 513 g/mol. The van der Waals surface area contributed by atoms with Gasteiger partial charge in [-0.2, -0.15) is 0 Å². The molecule has 0 bridgehead atoms. The third-order valence-electron chi connectivity index (χ3n) is 5.96. The molecule has 0 spiro atoms. The van der Waals surface area contributed by atoms with Gasteiger partial charge in [0, 0.05) is 24.5 Å². The summed E-state index contributed by atoms with van der Waals surface area (Å²) in [6.07, 6.45) is 4.89. The lowest BCUT2D eigenvalue weighted by Crippen LogP contribution is -2.38. The predicted octanol–water partition coefficient (Wildman–Crippen LogP) is 3.23. The van der Waals surface area contributed by atoms with Gasteiger partial charge in [0.25, 0.3) is 17.7 Å². The van der Waals surface area contributed by atoms with Crippen molar-refractivity contribution in [2.75, 3.05) is 31.5 Å². The highest BCUT2D eigenvalue weighted by Gasteiger charge is 2.23. The van der Waals surface area contributed by atoms with Gasteiger partial charge in [0.15, 0.2) is 5.69 Å². The number of benzene rings is 2. The van der Waals surface area contributed by atoms with Crippen LogP contribution in [0.3, 0.4) is 0 Å². The van der Waals surface area contributed by atoms with E-state index in [1.165, 1.54) is 23.4 Å². The van der Waals surface area contributed by atoms with E-state index in [2.05, 4.69) is 20.5 Å². The maximum Gasteiger partial charge on any atom is 0.270 e. The Morgan fingerprint density at radius 1 is 1.03 bits per heavy atom. The Bertz CT molecular complexity index is 1270. The van der Waals surface area contributed by atoms with Gasteiger partial charge in [0.1, 0.15) is 17.8 Å². The Balaban J connectivity index is 1.48. The fraction of sp³-hybridized carbons (Fsp3) is 0.280. The van der Waals surface area contributed by atoms with Crippen molar-refractivity contribution in [2.45, 2.75) is 19.3 Å². The van der Waals surface area contributed by atoms with Gasteiger partial charge in [-0.1, -0.05) is 18.0 Å². The van der Waals surface area contributed by atoms with Crippen molar-refractivity contribution < 1.29 is 18.8 Å². The number of hydrogen-bond acceptors (Lipinski definition) is 5. The molecule has 11 heteroatoms. The van der Waals surface area contributed by atoms with E-state index in [9.17, 15) is 18.8 Å². The van der Waals surface area contributed by atoms with Gasteiger partial charge in [-0.3, -0.25) is 19.0 Å². The Morgan fingerprint density at radius 3 is 2.42 bits per heavy atom. The molecule has 36 heavy (non-hydrogen) atoms. The van der Waals surface area contributed by atoms with Crippen LogP contribution in [0.15, 0.2) is 48.8 Å². The summed E-state index contributed by atoms with van der Waals surface area (Å²) < 4.78 is 14.7. The highest BCUT2D eigenvalue weighted by atomic mass is 35.5. The minimum Gasteiger partial charge on any atom is -0.364 e. The van der Waals surface area contributed by atoms with E-state index in [4.69, 9.17) is 17.3 Å². The SMILES string of the molecule is NC(=O)c1ncn(-c2ccc(NC(=O)c3ccc(F)cc3Cl)cc2)c1C(=O)NCCN1CCCCC1. The van der Waals surface area contributed by atoms with Crippen LogP contribution in [0.4, 0.5) is 10.1 Å². The molecular formula is C25H26ClFN6O3. The molecule has 1 saturated heterocycles. The smallest absolute Gasteiger partial charge is 0.270 e. The fourth-order valence-corrected chi connectivity index (χ4v) is 4.37. The second-order valence-corrected chi connectivity index (χ2v) is 8.87. The van der Waals surface area contributed by atoms with Gasteiger partial charge in [-0.25, -0.2) is 9.37 Å². The number of primary amides is 1. The monoisotopic (exact) mass is 512 g/mol. The molecule has 1 aliphatic rings. The number of likely N-dealkylation sites (tertiary alicyclic amines) is 1. The number of nitrogens with two attached hydrogens (primary N) is 1. The molecule has 4 N–H and O–H groups in total. The number of amides is 3. The summed E-state index contributed by atoms with van der Waals surface area (Å²) in [6.45, 7) is 3.17. The molecule has 1 aromatic heterocycles. The molecule has 1 fully saturated rings. The maximum atomic E-state index is 13.3. The molecule has 3 aromatic rings. The summed E-state index contributed by atoms with van der Waals surface area (Å²) in [4.78, 5) is 43.8. The van der Waals surface area contributed by atoms with Crippen molar-refractivity contribution in [3.8, 4) is 5.69 Å². The Hall–Kier alpha value is -3.76. The zero-order valence-electron chi connectivity index (χ0n) is 19.5. The molecule has 4 rings (SSSR count). The zero-order chi connectivity index (χ0) is 25.7. The maximum absolute atomic E-state index is 13.3. The number of hydrogen-bond donors (Lipinski definition) is 3. The summed E-state index contributed by atoms with van der Waals surface area (Å²) in [5, 5.41) is 5.54. The molecule has 2 aromatic carbocycles. The largest absolute Gasteiger partial charge is 0.364 e. The quantitative estimate of drug-likeness (QED) is 0.427. The number of anilines is 1. The second-order valence-electron chi connectivity index (χ2n) is 8.46. The average Bonchev–Trinajstić information content (AvgIpc) is 3.31. The summed E-state index contributed by atoms with van der Waals surface area (Å²) in [5.74, 6) is -2.31. The van der Waals surface area contributed by atoms with Crippen molar-refractivity contribution in [3.05, 3.63) is 76.6 Å². The molecule has 9 nitrogen and oxygen atoms in total. The lowest BCUT2D eigenvalue weighted by molar-refractivity contribution is 0.0923. The highest BCUT2D eigenvalue weighted by Crippen LogP contribution is 2.21. The van der Waals surface area contributed by atoms with E-state index in [1.807, 2.05) is 0 Å². The van der Waals surface area contributed by atoms with Crippen LogP contribution in [0.1, 0.15) is 50.6 Å². The van der Waals surface area contributed by atoms with Crippen LogP contribution >= 0.6 is 11.6 Å². The lowest BCUT2D eigenvalue weighted by atomic mass is 10.1. The molecule has 0 aliphatic carbocycles. The minimum atomic E-state index is -0.810. The number of carbonyl (C=O) groups is 3. The van der Waals surface area contributed by atoms with E-state index in [-0.39, 0.29) is 22.0 Å². The Morgan fingerprint density at radius 2 is 1.75 bits per heavy atom. The fourth-order valence-electron chi connectivity index (χ4n) is 4.11. The molecule has 0 saturated carbocycles. The first-order valence-corrected chi connectivity index (χ1v) is 12.0. The molecule has 3 amide bonds.